The summed E-state index contributed by atoms with van der Waals surface area (Å²) in [5.74, 6) is 0.128. The van der Waals surface area contributed by atoms with Crippen molar-refractivity contribution in [1.29, 1.82) is 0 Å². The van der Waals surface area contributed by atoms with E-state index in [-0.39, 0.29) is 48.5 Å². The number of para-hydroxylation sites is 2. The molecule has 0 bridgehead atoms. The molecular formula is C28H37N3O5. The van der Waals surface area contributed by atoms with Crippen molar-refractivity contribution in [3.8, 4) is 0 Å². The van der Waals surface area contributed by atoms with Crippen LogP contribution in [0.3, 0.4) is 0 Å². The van der Waals surface area contributed by atoms with Crippen molar-refractivity contribution in [1.82, 2.24) is 5.32 Å². The molecular weight excluding hydrogens is 458 g/mol. The molecule has 3 rings (SSSR count). The van der Waals surface area contributed by atoms with E-state index >= 15 is 0 Å². The van der Waals surface area contributed by atoms with E-state index in [1.165, 1.54) is 0 Å². The van der Waals surface area contributed by atoms with E-state index in [0.717, 1.165) is 12.0 Å². The Balaban J connectivity index is 1.62. The summed E-state index contributed by atoms with van der Waals surface area (Å²) in [7, 11) is 0. The number of aliphatic hydroxyl groups excluding tert-OH is 1. The van der Waals surface area contributed by atoms with E-state index in [9.17, 15) is 14.7 Å². The lowest BCUT2D eigenvalue weighted by Crippen LogP contribution is -2.41. The molecule has 0 aromatic heterocycles. The first-order valence-electron chi connectivity index (χ1n) is 12.5. The molecule has 36 heavy (non-hydrogen) atoms. The second-order valence-corrected chi connectivity index (χ2v) is 9.24. The number of amides is 2. The predicted octanol–water partition coefficient (Wildman–Crippen LogP) is 4.07. The van der Waals surface area contributed by atoms with Gasteiger partial charge in [-0.05, 0) is 67.5 Å². The molecule has 8 heteroatoms. The van der Waals surface area contributed by atoms with Gasteiger partial charge in [-0.2, -0.15) is 0 Å². The van der Waals surface area contributed by atoms with Gasteiger partial charge in [0.15, 0.2) is 5.76 Å². The highest BCUT2D eigenvalue weighted by atomic mass is 16.7. The van der Waals surface area contributed by atoms with E-state index < -0.39 is 6.29 Å². The van der Waals surface area contributed by atoms with E-state index in [1.54, 1.807) is 48.5 Å². The smallest absolute Gasteiger partial charge is 0.286 e. The summed E-state index contributed by atoms with van der Waals surface area (Å²) in [5, 5.41) is 15.0. The molecule has 3 atom stereocenters. The normalized spacial score (nSPS) is 19.4. The highest BCUT2D eigenvalue weighted by molar-refractivity contribution is 6.05. The maximum atomic E-state index is 12.9. The van der Waals surface area contributed by atoms with Gasteiger partial charge in [0.05, 0.1) is 11.4 Å². The maximum Gasteiger partial charge on any atom is 0.286 e. The number of hydrogen-bond donors (Lipinski definition) is 4. The molecule has 0 saturated carbocycles. The fraction of sp³-hybridized carbons (Fsp3) is 0.429. The van der Waals surface area contributed by atoms with Crippen LogP contribution < -0.4 is 16.4 Å². The summed E-state index contributed by atoms with van der Waals surface area (Å²) in [5.41, 5.74) is 8.28. The number of nitrogens with two attached hydrogens (primary N) is 1. The number of nitrogens with one attached hydrogen (secondary N) is 2. The summed E-state index contributed by atoms with van der Waals surface area (Å²) < 4.78 is 11.8. The second-order valence-electron chi connectivity index (χ2n) is 9.24. The molecule has 194 valence electrons. The molecule has 1 heterocycles. The van der Waals surface area contributed by atoms with Gasteiger partial charge in [-0.3, -0.25) is 9.59 Å². The molecule has 1 aliphatic heterocycles. The SMILES string of the molecule is CCO[C@@H]1OC(C(=O)NCc2ccc(C(=O)Nc3ccccc3N)cc2)=C[C@H](C(C)C)[C@H]1CCCO. The van der Waals surface area contributed by atoms with Crippen molar-refractivity contribution in [3.05, 3.63) is 71.5 Å². The zero-order valence-electron chi connectivity index (χ0n) is 21.2. The predicted molar refractivity (Wildman–Crippen MR) is 140 cm³/mol. The average molecular weight is 496 g/mol. The molecule has 8 nitrogen and oxygen atoms in total. The van der Waals surface area contributed by atoms with Gasteiger partial charge in [-0.15, -0.1) is 0 Å². The molecule has 0 saturated heterocycles. The summed E-state index contributed by atoms with van der Waals surface area (Å²) in [6.07, 6.45) is 2.77. The van der Waals surface area contributed by atoms with Crippen LogP contribution >= 0.6 is 0 Å². The van der Waals surface area contributed by atoms with Crippen LogP contribution in [-0.2, 0) is 20.8 Å². The lowest BCUT2D eigenvalue weighted by molar-refractivity contribution is -0.175. The third-order valence-corrected chi connectivity index (χ3v) is 6.33. The van der Waals surface area contributed by atoms with Crippen LogP contribution in [0.25, 0.3) is 0 Å². The summed E-state index contributed by atoms with van der Waals surface area (Å²) >= 11 is 0. The molecule has 0 fully saturated rings. The number of carbonyl (C=O) groups is 2. The maximum absolute atomic E-state index is 12.9. The van der Waals surface area contributed by atoms with Crippen LogP contribution in [0.2, 0.25) is 0 Å². The minimum atomic E-state index is -0.531. The van der Waals surface area contributed by atoms with Crippen molar-refractivity contribution < 1.29 is 24.2 Å². The second kappa shape index (κ2) is 13.1. The number of benzene rings is 2. The van der Waals surface area contributed by atoms with Crippen LogP contribution in [-0.4, -0.2) is 36.4 Å². The van der Waals surface area contributed by atoms with E-state index in [4.69, 9.17) is 15.2 Å². The van der Waals surface area contributed by atoms with Gasteiger partial charge in [0.25, 0.3) is 11.8 Å². The molecule has 2 aromatic rings. The standard InChI is InChI=1S/C28H37N3O5/c1-4-35-28-21(8-7-15-32)22(18(2)3)16-25(36-28)27(34)30-17-19-11-13-20(14-12-19)26(33)31-24-10-6-5-9-23(24)29/h5-6,9-14,16,18,21-22,28,32H,4,7-8,15,17,29H2,1-3H3,(H,30,34)(H,31,33)/t21-,22-,28-/m1/s1. The number of anilines is 2. The Bertz CT molecular complexity index is 1050. The van der Waals surface area contributed by atoms with Crippen LogP contribution in [0.1, 0.15) is 49.5 Å². The highest BCUT2D eigenvalue weighted by Crippen LogP contribution is 2.37. The third kappa shape index (κ3) is 7.08. The first-order chi connectivity index (χ1) is 17.3. The Labute approximate surface area is 212 Å². The summed E-state index contributed by atoms with van der Waals surface area (Å²) in [6.45, 7) is 6.98. The highest BCUT2D eigenvalue weighted by Gasteiger charge is 2.38. The van der Waals surface area contributed by atoms with Gasteiger partial charge in [0.2, 0.25) is 6.29 Å². The van der Waals surface area contributed by atoms with Crippen LogP contribution in [0.15, 0.2) is 60.4 Å². The van der Waals surface area contributed by atoms with Crippen molar-refractivity contribution in [2.45, 2.75) is 46.4 Å². The zero-order chi connectivity index (χ0) is 26.1. The number of hydrogen-bond acceptors (Lipinski definition) is 6. The lowest BCUT2D eigenvalue weighted by Gasteiger charge is -2.38. The minimum absolute atomic E-state index is 0.0681. The molecule has 5 N–H and O–H groups in total. The molecule has 2 amide bonds. The van der Waals surface area contributed by atoms with Crippen LogP contribution in [0, 0.1) is 17.8 Å². The van der Waals surface area contributed by atoms with Crippen molar-refractivity contribution >= 4 is 23.2 Å². The lowest BCUT2D eigenvalue weighted by atomic mass is 9.78. The van der Waals surface area contributed by atoms with Gasteiger partial charge in [0.1, 0.15) is 0 Å². The molecule has 0 radical (unpaired) electrons. The first-order valence-corrected chi connectivity index (χ1v) is 12.5. The van der Waals surface area contributed by atoms with Gasteiger partial charge in [-0.25, -0.2) is 0 Å². The van der Waals surface area contributed by atoms with E-state index in [1.807, 2.05) is 13.0 Å². The van der Waals surface area contributed by atoms with Gasteiger partial charge < -0.3 is 30.9 Å². The fourth-order valence-electron chi connectivity index (χ4n) is 4.37. The van der Waals surface area contributed by atoms with Gasteiger partial charge in [0, 0.05) is 31.2 Å². The van der Waals surface area contributed by atoms with E-state index in [0.29, 0.717) is 30.0 Å². The third-order valence-electron chi connectivity index (χ3n) is 6.33. The monoisotopic (exact) mass is 495 g/mol. The Morgan fingerprint density at radius 1 is 1.11 bits per heavy atom. The van der Waals surface area contributed by atoms with Gasteiger partial charge >= 0.3 is 0 Å². The summed E-state index contributed by atoms with van der Waals surface area (Å²) in [4.78, 5) is 25.5. The quantitative estimate of drug-likeness (QED) is 0.349. The zero-order valence-corrected chi connectivity index (χ0v) is 21.2. The van der Waals surface area contributed by atoms with Gasteiger partial charge in [-0.1, -0.05) is 38.1 Å². The van der Waals surface area contributed by atoms with Crippen molar-refractivity contribution in [2.24, 2.45) is 17.8 Å². The average Bonchev–Trinajstić information content (AvgIpc) is 2.87. The Morgan fingerprint density at radius 3 is 2.47 bits per heavy atom. The van der Waals surface area contributed by atoms with E-state index in [2.05, 4.69) is 24.5 Å². The van der Waals surface area contributed by atoms with Crippen molar-refractivity contribution in [2.75, 3.05) is 24.3 Å². The molecule has 2 aromatic carbocycles. The fourth-order valence-corrected chi connectivity index (χ4v) is 4.37. The van der Waals surface area contributed by atoms with Crippen LogP contribution in [0.4, 0.5) is 11.4 Å². The first kappa shape index (κ1) is 27.2. The number of ether oxygens (including phenoxy) is 2. The largest absolute Gasteiger partial charge is 0.459 e. The van der Waals surface area contributed by atoms with Crippen molar-refractivity contribution in [3.63, 3.8) is 0 Å². The molecule has 0 aliphatic carbocycles. The number of rotatable bonds is 11. The molecule has 1 aliphatic rings. The number of allylic oxidation sites excluding steroid dienone is 1. The Morgan fingerprint density at radius 2 is 1.83 bits per heavy atom. The topological polar surface area (TPSA) is 123 Å². The number of aliphatic hydroxyl groups is 1. The number of carbonyl (C=O) groups excluding carboxylic acids is 2. The van der Waals surface area contributed by atoms with Crippen LogP contribution in [0.5, 0.6) is 0 Å². The molecule has 0 unspecified atom stereocenters. The Hall–Kier alpha value is -3.36. The molecule has 0 spiro atoms. The number of nitrogen functional groups attached to an aromatic ring is 1. The minimum Gasteiger partial charge on any atom is -0.459 e. The summed E-state index contributed by atoms with van der Waals surface area (Å²) in [6, 6.07) is 14.1. The Kier molecular flexibility index (Phi) is 9.90.